The van der Waals surface area contributed by atoms with E-state index in [1.54, 1.807) is 13.2 Å². The van der Waals surface area contributed by atoms with Crippen LogP contribution in [0.25, 0.3) is 11.2 Å². The van der Waals surface area contributed by atoms with E-state index in [-0.39, 0.29) is 11.7 Å². The molecule has 2 amide bonds. The third-order valence-electron chi connectivity index (χ3n) is 5.80. The Morgan fingerprint density at radius 1 is 1.21 bits per heavy atom. The van der Waals surface area contributed by atoms with E-state index in [1.165, 1.54) is 11.9 Å². The van der Waals surface area contributed by atoms with Gasteiger partial charge >= 0.3 is 17.9 Å². The van der Waals surface area contributed by atoms with Gasteiger partial charge in [0.05, 0.1) is 23.0 Å². The first-order chi connectivity index (χ1) is 15.5. The van der Waals surface area contributed by atoms with Crippen LogP contribution in [0, 0.1) is 0 Å². The Hall–Kier alpha value is -3.77. The summed E-state index contributed by atoms with van der Waals surface area (Å²) in [6, 6.07) is 1.64. The van der Waals surface area contributed by atoms with E-state index in [9.17, 15) is 27.6 Å². The number of imidazole rings is 1. The number of nitrogens with zero attached hydrogens (tertiary/aromatic N) is 4. The fourth-order valence-electron chi connectivity index (χ4n) is 3.92. The molecule has 0 saturated carbocycles. The number of H-pyrrole nitrogens is 2. The first kappa shape index (κ1) is 22.4. The van der Waals surface area contributed by atoms with Gasteiger partial charge in [0.2, 0.25) is 0 Å². The molecule has 4 heterocycles. The fourth-order valence-corrected chi connectivity index (χ4v) is 3.92. The van der Waals surface area contributed by atoms with Gasteiger partial charge in [0.25, 0.3) is 5.56 Å². The maximum atomic E-state index is 13.1. The molecule has 176 valence electrons. The van der Waals surface area contributed by atoms with Crippen molar-refractivity contribution in [2.75, 3.05) is 30.4 Å². The van der Waals surface area contributed by atoms with Crippen molar-refractivity contribution in [2.24, 2.45) is 7.05 Å². The van der Waals surface area contributed by atoms with Crippen molar-refractivity contribution in [2.45, 2.75) is 25.1 Å². The smallest absolute Gasteiger partial charge is 0.370 e. The summed E-state index contributed by atoms with van der Waals surface area (Å²) >= 11 is 0. The minimum Gasteiger partial charge on any atom is -0.370 e. The highest BCUT2D eigenvalue weighted by atomic mass is 19.4. The molecule has 3 aromatic rings. The average molecular weight is 465 g/mol. The highest BCUT2D eigenvalue weighted by molar-refractivity contribution is 5.89. The number of urea groups is 1. The molecule has 10 nitrogen and oxygen atoms in total. The number of aromatic amines is 2. The first-order valence-electron chi connectivity index (χ1n) is 10.2. The van der Waals surface area contributed by atoms with Gasteiger partial charge in [-0.1, -0.05) is 0 Å². The van der Waals surface area contributed by atoms with Crippen molar-refractivity contribution >= 4 is 28.6 Å². The molecular formula is C20H22F3N7O3. The molecule has 1 saturated heterocycles. The average Bonchev–Trinajstić information content (AvgIpc) is 3.14. The number of carbonyl (C=O) groups is 1. The molecule has 0 bridgehead atoms. The fraction of sp³-hybridized carbons (Fsp3) is 0.400. The molecule has 0 unspecified atom stereocenters. The number of fused-ring (bicyclic) bond motifs is 1. The molecule has 33 heavy (non-hydrogen) atoms. The van der Waals surface area contributed by atoms with Crippen molar-refractivity contribution < 1.29 is 18.0 Å². The maximum Gasteiger partial charge on any atom is 0.417 e. The van der Waals surface area contributed by atoms with Crippen LogP contribution in [0.5, 0.6) is 0 Å². The number of hydrogen-bond acceptors (Lipinski definition) is 5. The Kier molecular flexibility index (Phi) is 5.64. The van der Waals surface area contributed by atoms with Gasteiger partial charge in [-0.3, -0.25) is 9.78 Å². The second kappa shape index (κ2) is 8.30. The lowest BCUT2D eigenvalue weighted by molar-refractivity contribution is -0.138. The van der Waals surface area contributed by atoms with Crippen LogP contribution in [0.15, 0.2) is 34.1 Å². The number of aromatic nitrogens is 4. The third-order valence-corrected chi connectivity index (χ3v) is 5.80. The minimum absolute atomic E-state index is 0.167. The molecule has 13 heteroatoms. The minimum atomic E-state index is -4.64. The number of halogens is 3. The third kappa shape index (κ3) is 4.56. The van der Waals surface area contributed by atoms with E-state index in [4.69, 9.17) is 0 Å². The number of hydrogen-bond donors (Lipinski definition) is 3. The molecular weight excluding hydrogens is 443 g/mol. The lowest BCUT2D eigenvalue weighted by Crippen LogP contribution is -2.47. The topological polar surface area (TPSA) is 119 Å². The van der Waals surface area contributed by atoms with Crippen LogP contribution in [0.1, 0.15) is 18.4 Å². The molecule has 3 aromatic heterocycles. The number of amides is 2. The maximum absolute atomic E-state index is 13.1. The van der Waals surface area contributed by atoms with E-state index < -0.39 is 29.0 Å². The van der Waals surface area contributed by atoms with Crippen LogP contribution < -0.4 is 21.5 Å². The summed E-state index contributed by atoms with van der Waals surface area (Å²) in [5, 5.41) is 2.32. The van der Waals surface area contributed by atoms with Crippen LogP contribution in [-0.2, 0) is 13.2 Å². The Morgan fingerprint density at radius 2 is 1.91 bits per heavy atom. The number of rotatable bonds is 3. The van der Waals surface area contributed by atoms with Crippen molar-refractivity contribution in [3.05, 3.63) is 50.9 Å². The van der Waals surface area contributed by atoms with Crippen LogP contribution in [0.4, 0.5) is 29.3 Å². The number of piperidine rings is 1. The molecule has 0 radical (unpaired) electrons. The SMILES string of the molecule is CN(C(=O)Nc1cc(C(F)(F)F)cn(C)c1=O)C1CCN(c2cnc3[nH]c(=O)[nH]c3c2)CC1. The Labute approximate surface area is 185 Å². The summed E-state index contributed by atoms with van der Waals surface area (Å²) < 4.78 is 40.0. The van der Waals surface area contributed by atoms with Crippen molar-refractivity contribution in [3.8, 4) is 0 Å². The predicted molar refractivity (Wildman–Crippen MR) is 115 cm³/mol. The molecule has 3 N–H and O–H groups in total. The Balaban J connectivity index is 1.41. The molecule has 1 aliphatic rings. The van der Waals surface area contributed by atoms with Gasteiger partial charge in [-0.15, -0.1) is 0 Å². The van der Waals surface area contributed by atoms with Crippen molar-refractivity contribution in [1.82, 2.24) is 24.4 Å². The van der Waals surface area contributed by atoms with E-state index >= 15 is 0 Å². The van der Waals surface area contributed by atoms with Gasteiger partial charge in [-0.25, -0.2) is 14.6 Å². The van der Waals surface area contributed by atoms with E-state index in [0.717, 1.165) is 10.3 Å². The molecule has 0 aromatic carbocycles. The number of aryl methyl sites for hydroxylation is 1. The zero-order valence-corrected chi connectivity index (χ0v) is 17.9. The van der Waals surface area contributed by atoms with Crippen LogP contribution in [0.3, 0.4) is 0 Å². The lowest BCUT2D eigenvalue weighted by Gasteiger charge is -2.37. The summed E-state index contributed by atoms with van der Waals surface area (Å²) in [7, 11) is 2.74. The summed E-state index contributed by atoms with van der Waals surface area (Å²) in [4.78, 5) is 49.2. The quantitative estimate of drug-likeness (QED) is 0.548. The summed E-state index contributed by atoms with van der Waals surface area (Å²) in [6.07, 6.45) is -1.09. The van der Waals surface area contributed by atoms with Crippen molar-refractivity contribution in [3.63, 3.8) is 0 Å². The monoisotopic (exact) mass is 465 g/mol. The van der Waals surface area contributed by atoms with Crippen LogP contribution >= 0.6 is 0 Å². The van der Waals surface area contributed by atoms with Gasteiger partial charge < -0.3 is 24.7 Å². The van der Waals surface area contributed by atoms with Crippen molar-refractivity contribution in [1.29, 1.82) is 0 Å². The molecule has 0 spiro atoms. The number of pyridine rings is 2. The van der Waals surface area contributed by atoms with Crippen LogP contribution in [-0.4, -0.2) is 56.6 Å². The number of anilines is 2. The molecule has 1 aliphatic heterocycles. The van der Waals surface area contributed by atoms with Gasteiger partial charge in [0.15, 0.2) is 5.65 Å². The molecule has 4 rings (SSSR count). The molecule has 1 fully saturated rings. The second-order valence-electron chi connectivity index (χ2n) is 7.98. The lowest BCUT2D eigenvalue weighted by atomic mass is 10.0. The molecule has 0 aliphatic carbocycles. The zero-order valence-electron chi connectivity index (χ0n) is 17.9. The second-order valence-corrected chi connectivity index (χ2v) is 7.98. The largest absolute Gasteiger partial charge is 0.417 e. The number of nitrogens with one attached hydrogen (secondary N) is 3. The van der Waals surface area contributed by atoms with Gasteiger partial charge in [-0.2, -0.15) is 13.2 Å². The van der Waals surface area contributed by atoms with Gasteiger partial charge in [-0.05, 0) is 25.0 Å². The van der Waals surface area contributed by atoms with E-state index in [1.807, 2.05) is 6.07 Å². The highest BCUT2D eigenvalue weighted by Gasteiger charge is 2.33. The number of alkyl halides is 3. The standard InChI is InChI=1S/C20H22F3N7O3/c1-28-10-11(20(21,22)23)7-15(17(28)31)26-19(33)29(2)12-3-5-30(6-4-12)13-8-14-16(24-9-13)27-18(32)25-14/h7-10,12H,3-6H2,1-2H3,(H,26,33)(H2,24,25,27,32). The normalized spacial score (nSPS) is 15.1. The van der Waals surface area contributed by atoms with Gasteiger partial charge in [0.1, 0.15) is 5.69 Å². The molecule has 0 atom stereocenters. The number of carbonyl (C=O) groups excluding carboxylic acids is 1. The predicted octanol–water partition coefficient (Wildman–Crippen LogP) is 2.10. The zero-order chi connectivity index (χ0) is 23.9. The van der Waals surface area contributed by atoms with E-state index in [2.05, 4.69) is 25.2 Å². The van der Waals surface area contributed by atoms with E-state index in [0.29, 0.717) is 49.4 Å². The Morgan fingerprint density at radius 3 is 2.58 bits per heavy atom. The Bertz CT molecular complexity index is 1300. The summed E-state index contributed by atoms with van der Waals surface area (Å²) in [5.74, 6) is 0. The van der Waals surface area contributed by atoms with Crippen LogP contribution in [0.2, 0.25) is 0 Å². The summed E-state index contributed by atoms with van der Waals surface area (Å²) in [6.45, 7) is 1.21. The summed E-state index contributed by atoms with van der Waals surface area (Å²) in [5.41, 5.74) is -0.626. The first-order valence-corrected chi connectivity index (χ1v) is 10.2. The highest BCUT2D eigenvalue weighted by Crippen LogP contribution is 2.30. The van der Waals surface area contributed by atoms with Gasteiger partial charge in [0, 0.05) is 39.4 Å².